The van der Waals surface area contributed by atoms with E-state index < -0.39 is 0 Å². The van der Waals surface area contributed by atoms with Gasteiger partial charge in [-0.1, -0.05) is 6.07 Å². The van der Waals surface area contributed by atoms with Gasteiger partial charge in [0, 0.05) is 0 Å². The number of benzene rings is 1. The lowest BCUT2D eigenvalue weighted by molar-refractivity contribution is 0.625. The molecule has 0 aromatic heterocycles. The fourth-order valence-electron chi connectivity index (χ4n) is 1.33. The Morgan fingerprint density at radius 1 is 1.27 bits per heavy atom. The van der Waals surface area contributed by atoms with Crippen LogP contribution in [-0.2, 0) is 0 Å². The normalized spacial score (nSPS) is 16.9. The summed E-state index contributed by atoms with van der Waals surface area (Å²) >= 11 is 0. The first-order chi connectivity index (χ1) is 5.25. The Bertz CT molecular complexity index is 254. The van der Waals surface area contributed by atoms with Crippen LogP contribution in [0.15, 0.2) is 18.2 Å². The largest absolute Gasteiger partial charge is 0.207 e. The molecule has 0 atom stereocenters. The van der Waals surface area contributed by atoms with Gasteiger partial charge < -0.3 is 0 Å². The van der Waals surface area contributed by atoms with Gasteiger partial charge in [0.2, 0.25) is 0 Å². The van der Waals surface area contributed by atoms with Crippen molar-refractivity contribution in [2.24, 2.45) is 0 Å². The smallest absolute Gasteiger partial charge is 0.123 e. The van der Waals surface area contributed by atoms with Gasteiger partial charge in [-0.25, -0.2) is 4.39 Å². The summed E-state index contributed by atoms with van der Waals surface area (Å²) in [5.41, 5.74) is 1.90. The first-order valence-corrected chi connectivity index (χ1v) is 3.88. The molecule has 1 heteroatoms. The van der Waals surface area contributed by atoms with E-state index in [1.54, 1.807) is 6.07 Å². The topological polar surface area (TPSA) is 0 Å². The molecule has 0 unspecified atom stereocenters. The van der Waals surface area contributed by atoms with E-state index in [0.717, 1.165) is 11.1 Å². The Hall–Kier alpha value is -0.850. The lowest BCUT2D eigenvalue weighted by Gasteiger charge is -1.99. The molecule has 1 aromatic carbocycles. The Morgan fingerprint density at radius 3 is 2.55 bits per heavy atom. The van der Waals surface area contributed by atoms with Crippen LogP contribution in [0, 0.1) is 12.7 Å². The van der Waals surface area contributed by atoms with Crippen molar-refractivity contribution in [1.29, 1.82) is 0 Å². The first kappa shape index (κ1) is 6.84. The Kier molecular flexibility index (Phi) is 1.45. The molecule has 1 aliphatic rings. The molecule has 0 spiro atoms. The molecule has 1 aliphatic carbocycles. The van der Waals surface area contributed by atoms with E-state index in [-0.39, 0.29) is 5.82 Å². The van der Waals surface area contributed by atoms with E-state index in [1.807, 2.05) is 6.07 Å². The SMILES string of the molecule is [CH2]c1cc(F)cc(C2CC2)c1. The highest BCUT2D eigenvalue weighted by molar-refractivity contribution is 5.31. The van der Waals surface area contributed by atoms with Crippen molar-refractivity contribution in [2.45, 2.75) is 18.8 Å². The maximum Gasteiger partial charge on any atom is 0.123 e. The Labute approximate surface area is 66.1 Å². The van der Waals surface area contributed by atoms with Crippen molar-refractivity contribution in [2.75, 3.05) is 0 Å². The van der Waals surface area contributed by atoms with Crippen LogP contribution in [-0.4, -0.2) is 0 Å². The highest BCUT2D eigenvalue weighted by Gasteiger charge is 2.23. The molecule has 0 amide bonds. The van der Waals surface area contributed by atoms with Gasteiger partial charge in [0.25, 0.3) is 0 Å². The minimum Gasteiger partial charge on any atom is -0.207 e. The summed E-state index contributed by atoms with van der Waals surface area (Å²) < 4.78 is 12.8. The summed E-state index contributed by atoms with van der Waals surface area (Å²) in [6.45, 7) is 3.71. The summed E-state index contributed by atoms with van der Waals surface area (Å²) in [6, 6.07) is 5.05. The second-order valence-electron chi connectivity index (χ2n) is 3.17. The van der Waals surface area contributed by atoms with Crippen molar-refractivity contribution < 1.29 is 4.39 Å². The molecule has 1 saturated carbocycles. The summed E-state index contributed by atoms with van der Waals surface area (Å²) in [5.74, 6) is 0.464. The fourth-order valence-corrected chi connectivity index (χ4v) is 1.33. The van der Waals surface area contributed by atoms with E-state index in [1.165, 1.54) is 18.9 Å². The van der Waals surface area contributed by atoms with Crippen LogP contribution in [0.3, 0.4) is 0 Å². The van der Waals surface area contributed by atoms with E-state index in [4.69, 9.17) is 0 Å². The first-order valence-electron chi connectivity index (χ1n) is 3.88. The van der Waals surface area contributed by atoms with Gasteiger partial charge in [-0.15, -0.1) is 0 Å². The molecule has 0 N–H and O–H groups in total. The number of hydrogen-bond acceptors (Lipinski definition) is 0. The maximum atomic E-state index is 12.8. The van der Waals surface area contributed by atoms with Crippen LogP contribution in [0.1, 0.15) is 29.9 Å². The van der Waals surface area contributed by atoms with Crippen LogP contribution in [0.2, 0.25) is 0 Å². The zero-order valence-electron chi connectivity index (χ0n) is 6.31. The average Bonchev–Trinajstić information content (AvgIpc) is 2.64. The average molecular weight is 149 g/mol. The third-order valence-corrected chi connectivity index (χ3v) is 2.03. The standard InChI is InChI=1S/C10H10F/c1-7-4-9(8-2-3-8)6-10(11)5-7/h4-6,8H,1-3H2. The maximum absolute atomic E-state index is 12.8. The predicted molar refractivity (Wildman–Crippen MR) is 42.8 cm³/mol. The van der Waals surface area contributed by atoms with Crippen LogP contribution in [0.25, 0.3) is 0 Å². The van der Waals surface area contributed by atoms with Crippen molar-refractivity contribution in [3.05, 3.63) is 42.1 Å². The molecule has 1 radical (unpaired) electrons. The van der Waals surface area contributed by atoms with Crippen LogP contribution in [0.5, 0.6) is 0 Å². The van der Waals surface area contributed by atoms with Gasteiger partial charge in [0.05, 0.1) is 0 Å². The molecule has 0 bridgehead atoms. The van der Waals surface area contributed by atoms with Crippen LogP contribution >= 0.6 is 0 Å². The van der Waals surface area contributed by atoms with E-state index in [0.29, 0.717) is 5.92 Å². The molecule has 0 heterocycles. The molecule has 0 aliphatic heterocycles. The summed E-state index contributed by atoms with van der Waals surface area (Å²) in [6.07, 6.45) is 2.42. The highest BCUT2D eigenvalue weighted by Crippen LogP contribution is 2.40. The number of hydrogen-bond donors (Lipinski definition) is 0. The lowest BCUT2D eigenvalue weighted by Crippen LogP contribution is -1.84. The molecule has 11 heavy (non-hydrogen) atoms. The minimum absolute atomic E-state index is 0.153. The fraction of sp³-hybridized carbons (Fsp3) is 0.300. The molecule has 0 saturated heterocycles. The zero-order valence-corrected chi connectivity index (χ0v) is 6.31. The monoisotopic (exact) mass is 149 g/mol. The highest BCUT2D eigenvalue weighted by atomic mass is 19.1. The van der Waals surface area contributed by atoms with Gasteiger partial charge in [0.15, 0.2) is 0 Å². The summed E-state index contributed by atoms with van der Waals surface area (Å²) in [7, 11) is 0. The minimum atomic E-state index is -0.153. The van der Waals surface area contributed by atoms with Gasteiger partial charge in [-0.2, -0.15) is 0 Å². The molecule has 1 fully saturated rings. The van der Waals surface area contributed by atoms with Crippen molar-refractivity contribution >= 4 is 0 Å². The number of halogens is 1. The van der Waals surface area contributed by atoms with E-state index in [9.17, 15) is 4.39 Å². The zero-order chi connectivity index (χ0) is 7.84. The van der Waals surface area contributed by atoms with Crippen molar-refractivity contribution in [3.63, 3.8) is 0 Å². The Balaban J connectivity index is 2.39. The predicted octanol–water partition coefficient (Wildman–Crippen LogP) is 2.89. The second kappa shape index (κ2) is 2.33. The molecule has 1 aromatic rings. The van der Waals surface area contributed by atoms with Gasteiger partial charge in [-0.3, -0.25) is 0 Å². The molecule has 57 valence electrons. The van der Waals surface area contributed by atoms with Crippen molar-refractivity contribution in [3.8, 4) is 0 Å². The number of rotatable bonds is 1. The summed E-state index contributed by atoms with van der Waals surface area (Å²) in [4.78, 5) is 0. The van der Waals surface area contributed by atoms with Crippen molar-refractivity contribution in [1.82, 2.24) is 0 Å². The Morgan fingerprint density at radius 2 is 2.00 bits per heavy atom. The third-order valence-electron chi connectivity index (χ3n) is 2.03. The second-order valence-corrected chi connectivity index (χ2v) is 3.17. The van der Waals surface area contributed by atoms with Gasteiger partial charge >= 0.3 is 0 Å². The van der Waals surface area contributed by atoms with Gasteiger partial charge in [0.1, 0.15) is 5.82 Å². The van der Waals surface area contributed by atoms with Gasteiger partial charge in [-0.05, 0) is 48.9 Å². The molecule has 2 rings (SSSR count). The summed E-state index contributed by atoms with van der Waals surface area (Å²) in [5, 5.41) is 0. The molecule has 0 nitrogen and oxygen atoms in total. The lowest BCUT2D eigenvalue weighted by atomic mass is 10.1. The van der Waals surface area contributed by atoms with Crippen LogP contribution in [0.4, 0.5) is 4.39 Å². The third kappa shape index (κ3) is 1.42. The molecular formula is C10H10F. The quantitative estimate of drug-likeness (QED) is 0.576. The van der Waals surface area contributed by atoms with Crippen LogP contribution < -0.4 is 0 Å². The van der Waals surface area contributed by atoms with E-state index >= 15 is 0 Å². The molecular weight excluding hydrogens is 139 g/mol. The van der Waals surface area contributed by atoms with E-state index in [2.05, 4.69) is 6.92 Å².